The Morgan fingerprint density at radius 2 is 1.32 bits per heavy atom. The van der Waals surface area contributed by atoms with Crippen molar-refractivity contribution < 1.29 is 0 Å². The monoisotopic (exact) mass is 243 g/mol. The van der Waals surface area contributed by atoms with Crippen molar-refractivity contribution in [3.8, 4) is 0 Å². The molecule has 0 radical (unpaired) electrons. The average molecular weight is 243 g/mol. The minimum Gasteiger partial charge on any atom is -0.358 e. The Bertz CT molecular complexity index is 960. The fourth-order valence-corrected chi connectivity index (χ4v) is 3.52. The molecule has 1 aromatic heterocycles. The molecule has 1 N–H and O–H groups in total. The first kappa shape index (κ1) is 9.62. The van der Waals surface area contributed by atoms with Gasteiger partial charge in [0.2, 0.25) is 0 Å². The topological polar surface area (TPSA) is 15.8 Å². The van der Waals surface area contributed by atoms with E-state index in [4.69, 9.17) is 0 Å². The molecule has 1 heterocycles. The summed E-state index contributed by atoms with van der Waals surface area (Å²) in [4.78, 5) is 3.65. The van der Waals surface area contributed by atoms with E-state index in [0.717, 1.165) is 0 Å². The van der Waals surface area contributed by atoms with E-state index < -0.39 is 0 Å². The summed E-state index contributed by atoms with van der Waals surface area (Å²) in [7, 11) is 0. The van der Waals surface area contributed by atoms with E-state index >= 15 is 0 Å². The van der Waals surface area contributed by atoms with Gasteiger partial charge in [0.15, 0.2) is 0 Å². The lowest BCUT2D eigenvalue weighted by Gasteiger charge is -2.13. The second-order valence-corrected chi connectivity index (χ2v) is 5.42. The van der Waals surface area contributed by atoms with Gasteiger partial charge in [0.25, 0.3) is 0 Å². The molecule has 0 unspecified atom stereocenters. The first-order valence-electron chi connectivity index (χ1n) is 6.86. The second kappa shape index (κ2) is 3.18. The van der Waals surface area contributed by atoms with Gasteiger partial charge < -0.3 is 4.98 Å². The van der Waals surface area contributed by atoms with E-state index in [2.05, 4.69) is 53.5 Å². The van der Waals surface area contributed by atoms with Crippen molar-refractivity contribution in [3.63, 3.8) is 0 Å². The highest BCUT2D eigenvalue weighted by Crippen LogP contribution is 2.40. The number of hydrogen-bond donors (Lipinski definition) is 1. The summed E-state index contributed by atoms with van der Waals surface area (Å²) < 4.78 is 0. The number of aryl methyl sites for hydroxylation is 2. The van der Waals surface area contributed by atoms with Crippen molar-refractivity contribution in [2.45, 2.75) is 12.8 Å². The molecule has 1 aliphatic carbocycles. The Morgan fingerprint density at radius 3 is 2.00 bits per heavy atom. The quantitative estimate of drug-likeness (QED) is 0.435. The van der Waals surface area contributed by atoms with Gasteiger partial charge in [-0.3, -0.25) is 0 Å². The van der Waals surface area contributed by atoms with Crippen LogP contribution in [-0.4, -0.2) is 4.98 Å². The molecular formula is C18H13N. The van der Waals surface area contributed by atoms with Gasteiger partial charge in [-0.25, -0.2) is 0 Å². The highest BCUT2D eigenvalue weighted by molar-refractivity contribution is 6.25. The molecule has 0 fully saturated rings. The largest absolute Gasteiger partial charge is 0.358 e. The Hall–Kier alpha value is -2.28. The lowest BCUT2D eigenvalue weighted by atomic mass is 9.90. The van der Waals surface area contributed by atoms with Crippen LogP contribution in [-0.2, 0) is 12.8 Å². The molecule has 0 atom stereocenters. The maximum absolute atomic E-state index is 3.65. The fourth-order valence-electron chi connectivity index (χ4n) is 3.52. The van der Waals surface area contributed by atoms with E-state index in [1.165, 1.54) is 56.5 Å². The standard InChI is InChI=1S/C18H13N/c1-3-7-13-11(5-1)12-6-2-4-8-14(12)18-17(13)15-9-10-16(15)19-18/h1-8,19H,9-10H2. The van der Waals surface area contributed by atoms with Crippen LogP contribution in [0.5, 0.6) is 0 Å². The highest BCUT2D eigenvalue weighted by Gasteiger charge is 2.22. The SMILES string of the molecule is c1ccc2c(c1)c1ccccc1c1c3c([nH]c21)CC3. The van der Waals surface area contributed by atoms with Crippen LogP contribution in [0.3, 0.4) is 0 Å². The minimum atomic E-state index is 1.20. The van der Waals surface area contributed by atoms with Gasteiger partial charge in [-0.05, 0) is 34.6 Å². The molecule has 1 aliphatic rings. The number of aromatic nitrogens is 1. The molecule has 19 heavy (non-hydrogen) atoms. The van der Waals surface area contributed by atoms with E-state index in [9.17, 15) is 0 Å². The molecule has 1 nitrogen and oxygen atoms in total. The third-order valence-electron chi connectivity index (χ3n) is 4.50. The summed E-state index contributed by atoms with van der Waals surface area (Å²) in [5.41, 5.74) is 4.31. The van der Waals surface area contributed by atoms with Crippen LogP contribution in [0.4, 0.5) is 0 Å². The average Bonchev–Trinajstić information content (AvgIpc) is 2.71. The lowest BCUT2D eigenvalue weighted by Crippen LogP contribution is -2.05. The number of hydrogen-bond acceptors (Lipinski definition) is 0. The normalized spacial score (nSPS) is 13.9. The Labute approximate surface area is 110 Å². The van der Waals surface area contributed by atoms with Crippen LogP contribution >= 0.6 is 0 Å². The van der Waals surface area contributed by atoms with E-state index in [1.54, 1.807) is 0 Å². The number of nitrogens with one attached hydrogen (secondary N) is 1. The summed E-state index contributed by atoms with van der Waals surface area (Å²) in [5, 5.41) is 6.93. The smallest absolute Gasteiger partial charge is 0.0545 e. The van der Waals surface area contributed by atoms with Crippen LogP contribution in [0.1, 0.15) is 11.3 Å². The number of fused-ring (bicyclic) bond motifs is 8. The van der Waals surface area contributed by atoms with Crippen molar-refractivity contribution in [2.24, 2.45) is 0 Å². The van der Waals surface area contributed by atoms with Crippen molar-refractivity contribution >= 4 is 32.4 Å². The zero-order valence-electron chi connectivity index (χ0n) is 10.5. The number of aromatic amines is 1. The molecule has 1 heteroatoms. The van der Waals surface area contributed by atoms with Crippen molar-refractivity contribution in [1.29, 1.82) is 0 Å². The predicted octanol–water partition coefficient (Wildman–Crippen LogP) is 4.57. The molecule has 3 aromatic carbocycles. The molecule has 0 spiro atoms. The molecule has 0 saturated heterocycles. The minimum absolute atomic E-state index is 1.20. The Kier molecular flexibility index (Phi) is 1.61. The van der Waals surface area contributed by atoms with Crippen molar-refractivity contribution in [2.75, 3.05) is 0 Å². The number of benzene rings is 3. The third-order valence-corrected chi connectivity index (χ3v) is 4.50. The Morgan fingerprint density at radius 1 is 0.684 bits per heavy atom. The van der Waals surface area contributed by atoms with Crippen molar-refractivity contribution in [3.05, 3.63) is 59.8 Å². The molecule has 5 rings (SSSR count). The summed E-state index contributed by atoms with van der Waals surface area (Å²) >= 11 is 0. The van der Waals surface area contributed by atoms with Gasteiger partial charge in [0.1, 0.15) is 0 Å². The molecule has 0 aliphatic heterocycles. The van der Waals surface area contributed by atoms with E-state index in [-0.39, 0.29) is 0 Å². The van der Waals surface area contributed by atoms with Crippen LogP contribution < -0.4 is 0 Å². The predicted molar refractivity (Wildman–Crippen MR) is 80.7 cm³/mol. The Balaban J connectivity index is 2.22. The van der Waals surface area contributed by atoms with Gasteiger partial charge in [0, 0.05) is 16.5 Å². The van der Waals surface area contributed by atoms with Crippen LogP contribution in [0.25, 0.3) is 32.4 Å². The number of rotatable bonds is 0. The molecule has 4 aromatic rings. The first-order chi connectivity index (χ1) is 9.43. The number of H-pyrrole nitrogens is 1. The van der Waals surface area contributed by atoms with Crippen LogP contribution in [0.15, 0.2) is 48.5 Å². The van der Waals surface area contributed by atoms with Gasteiger partial charge in [-0.15, -0.1) is 0 Å². The van der Waals surface area contributed by atoms with Crippen LogP contribution in [0.2, 0.25) is 0 Å². The van der Waals surface area contributed by atoms with Gasteiger partial charge in [-0.1, -0.05) is 48.5 Å². The van der Waals surface area contributed by atoms with Gasteiger partial charge in [0.05, 0.1) is 5.52 Å². The molecule has 0 bridgehead atoms. The fraction of sp³-hybridized carbons (Fsp3) is 0.111. The summed E-state index contributed by atoms with van der Waals surface area (Å²) in [6, 6.07) is 17.5. The highest BCUT2D eigenvalue weighted by atomic mass is 14.7. The molecular weight excluding hydrogens is 230 g/mol. The van der Waals surface area contributed by atoms with E-state index in [1.807, 2.05) is 0 Å². The summed E-state index contributed by atoms with van der Waals surface area (Å²) in [6.07, 6.45) is 2.42. The van der Waals surface area contributed by atoms with E-state index in [0.29, 0.717) is 0 Å². The van der Waals surface area contributed by atoms with Crippen molar-refractivity contribution in [1.82, 2.24) is 4.98 Å². The second-order valence-electron chi connectivity index (χ2n) is 5.42. The summed E-state index contributed by atoms with van der Waals surface area (Å²) in [5.74, 6) is 0. The molecule has 0 saturated carbocycles. The zero-order chi connectivity index (χ0) is 12.4. The van der Waals surface area contributed by atoms with Gasteiger partial charge in [-0.2, -0.15) is 0 Å². The maximum atomic E-state index is 3.65. The van der Waals surface area contributed by atoms with Gasteiger partial charge >= 0.3 is 0 Å². The lowest BCUT2D eigenvalue weighted by molar-refractivity contribution is 0.823. The zero-order valence-corrected chi connectivity index (χ0v) is 10.5. The van der Waals surface area contributed by atoms with Crippen LogP contribution in [0, 0.1) is 0 Å². The molecule has 0 amide bonds. The maximum Gasteiger partial charge on any atom is 0.0545 e. The molecule has 90 valence electrons. The summed E-state index contributed by atoms with van der Waals surface area (Å²) in [6.45, 7) is 0. The third kappa shape index (κ3) is 1.06. The first-order valence-corrected chi connectivity index (χ1v) is 6.86.